The number of fused-ring (bicyclic) bond motifs is 1. The molecule has 0 saturated heterocycles. The molecule has 1 heterocycles. The summed E-state index contributed by atoms with van der Waals surface area (Å²) in [5, 5.41) is 2.53. The fourth-order valence-corrected chi connectivity index (χ4v) is 1.77. The molecule has 1 unspecified atom stereocenters. The average molecular weight is 194 g/mol. The lowest BCUT2D eigenvalue weighted by molar-refractivity contribution is -0.117. The maximum Gasteiger partial charge on any atom is 0.232 e. The lowest BCUT2D eigenvalue weighted by Gasteiger charge is -2.05. The van der Waals surface area contributed by atoms with Crippen LogP contribution in [-0.4, -0.2) is 12.5 Å². The molecular formula is C10H11FN2O. The molecular weight excluding hydrogens is 183 g/mol. The van der Waals surface area contributed by atoms with Crippen molar-refractivity contribution in [2.24, 2.45) is 5.73 Å². The van der Waals surface area contributed by atoms with Gasteiger partial charge in [0.1, 0.15) is 5.82 Å². The van der Waals surface area contributed by atoms with Crippen molar-refractivity contribution in [3.05, 3.63) is 29.6 Å². The number of carbonyl (C=O) groups excluding carboxylic acids is 1. The van der Waals surface area contributed by atoms with Crippen LogP contribution >= 0.6 is 0 Å². The number of hydrogen-bond donors (Lipinski definition) is 2. The summed E-state index contributed by atoms with van der Waals surface area (Å²) in [6, 6.07) is 4.71. The minimum absolute atomic E-state index is 0.157. The Bertz CT molecular complexity index is 378. The second-order valence-corrected chi connectivity index (χ2v) is 3.32. The van der Waals surface area contributed by atoms with Gasteiger partial charge in [-0.25, -0.2) is 4.39 Å². The molecule has 0 bridgehead atoms. The molecule has 0 aliphatic carbocycles. The smallest absolute Gasteiger partial charge is 0.232 e. The van der Waals surface area contributed by atoms with Crippen molar-refractivity contribution in [1.29, 1.82) is 0 Å². The van der Waals surface area contributed by atoms with Crippen LogP contribution in [0.5, 0.6) is 0 Å². The molecule has 1 aromatic rings. The highest BCUT2D eigenvalue weighted by Gasteiger charge is 2.31. The number of anilines is 1. The summed E-state index contributed by atoms with van der Waals surface area (Å²) in [6.07, 6.45) is 0.558. The second-order valence-electron chi connectivity index (χ2n) is 3.32. The van der Waals surface area contributed by atoms with Crippen LogP contribution in [0.4, 0.5) is 10.1 Å². The maximum atomic E-state index is 13.2. The molecule has 74 valence electrons. The Kier molecular flexibility index (Phi) is 2.21. The van der Waals surface area contributed by atoms with E-state index in [1.165, 1.54) is 6.07 Å². The Morgan fingerprint density at radius 2 is 2.29 bits per heavy atom. The first kappa shape index (κ1) is 9.15. The highest BCUT2D eigenvalue weighted by Crippen LogP contribution is 2.35. The number of nitrogens with two attached hydrogens (primary N) is 1. The number of para-hydroxylation sites is 1. The number of carbonyl (C=O) groups is 1. The molecule has 14 heavy (non-hydrogen) atoms. The Morgan fingerprint density at radius 1 is 1.50 bits per heavy atom. The van der Waals surface area contributed by atoms with E-state index in [4.69, 9.17) is 5.73 Å². The van der Waals surface area contributed by atoms with Crippen LogP contribution in [0, 0.1) is 5.82 Å². The Labute approximate surface area is 81.1 Å². The van der Waals surface area contributed by atoms with Crippen molar-refractivity contribution in [2.45, 2.75) is 12.3 Å². The van der Waals surface area contributed by atoms with Crippen molar-refractivity contribution in [3.63, 3.8) is 0 Å². The number of hydrogen-bond acceptors (Lipinski definition) is 2. The number of rotatable bonds is 2. The summed E-state index contributed by atoms with van der Waals surface area (Å²) in [4.78, 5) is 11.4. The van der Waals surface area contributed by atoms with Crippen molar-refractivity contribution in [3.8, 4) is 0 Å². The van der Waals surface area contributed by atoms with Gasteiger partial charge in [-0.1, -0.05) is 12.1 Å². The molecule has 4 heteroatoms. The molecule has 1 aliphatic rings. The number of amides is 1. The van der Waals surface area contributed by atoms with Crippen LogP contribution < -0.4 is 11.1 Å². The lowest BCUT2D eigenvalue weighted by Crippen LogP contribution is -2.15. The third kappa shape index (κ3) is 1.28. The zero-order chi connectivity index (χ0) is 10.1. The molecule has 1 aliphatic heterocycles. The van der Waals surface area contributed by atoms with E-state index in [0.717, 1.165) is 5.56 Å². The van der Waals surface area contributed by atoms with E-state index in [-0.39, 0.29) is 17.6 Å². The molecule has 0 fully saturated rings. The topological polar surface area (TPSA) is 55.1 Å². The van der Waals surface area contributed by atoms with E-state index >= 15 is 0 Å². The van der Waals surface area contributed by atoms with Gasteiger partial charge in [-0.2, -0.15) is 0 Å². The van der Waals surface area contributed by atoms with Crippen molar-refractivity contribution < 1.29 is 9.18 Å². The van der Waals surface area contributed by atoms with Crippen molar-refractivity contribution in [2.75, 3.05) is 11.9 Å². The van der Waals surface area contributed by atoms with E-state index in [2.05, 4.69) is 5.32 Å². The maximum absolute atomic E-state index is 13.2. The first-order valence-electron chi connectivity index (χ1n) is 4.53. The summed E-state index contributed by atoms with van der Waals surface area (Å²) in [7, 11) is 0. The van der Waals surface area contributed by atoms with Gasteiger partial charge in [0.15, 0.2) is 0 Å². The number of halogens is 1. The van der Waals surface area contributed by atoms with E-state index in [1.807, 2.05) is 0 Å². The highest BCUT2D eigenvalue weighted by molar-refractivity contribution is 6.02. The predicted molar refractivity (Wildman–Crippen MR) is 51.4 cm³/mol. The van der Waals surface area contributed by atoms with Crippen LogP contribution in [0.1, 0.15) is 17.9 Å². The van der Waals surface area contributed by atoms with Gasteiger partial charge in [0.25, 0.3) is 0 Å². The number of benzene rings is 1. The van der Waals surface area contributed by atoms with E-state index in [0.29, 0.717) is 18.7 Å². The molecule has 1 amide bonds. The Morgan fingerprint density at radius 3 is 3.00 bits per heavy atom. The zero-order valence-corrected chi connectivity index (χ0v) is 7.59. The normalized spacial score (nSPS) is 19.3. The first-order chi connectivity index (χ1) is 6.74. The average Bonchev–Trinajstić information content (AvgIpc) is 2.47. The summed E-state index contributed by atoms with van der Waals surface area (Å²) >= 11 is 0. The van der Waals surface area contributed by atoms with Gasteiger partial charge in [0.2, 0.25) is 5.91 Å². The van der Waals surface area contributed by atoms with Gasteiger partial charge in [0, 0.05) is 0 Å². The minimum atomic E-state index is -0.379. The molecule has 0 spiro atoms. The molecule has 0 radical (unpaired) electrons. The second kappa shape index (κ2) is 3.38. The minimum Gasteiger partial charge on any atom is -0.330 e. The quantitative estimate of drug-likeness (QED) is 0.743. The molecule has 3 N–H and O–H groups in total. The molecule has 2 rings (SSSR count). The van der Waals surface area contributed by atoms with Gasteiger partial charge in [-0.3, -0.25) is 4.79 Å². The van der Waals surface area contributed by atoms with E-state index < -0.39 is 0 Å². The molecule has 1 atom stereocenters. The summed E-state index contributed by atoms with van der Waals surface area (Å²) in [5.74, 6) is -0.823. The first-order valence-corrected chi connectivity index (χ1v) is 4.53. The van der Waals surface area contributed by atoms with E-state index in [1.54, 1.807) is 12.1 Å². The third-order valence-electron chi connectivity index (χ3n) is 2.44. The van der Waals surface area contributed by atoms with E-state index in [9.17, 15) is 9.18 Å². The molecule has 0 aromatic heterocycles. The Hall–Kier alpha value is -1.42. The van der Waals surface area contributed by atoms with Gasteiger partial charge < -0.3 is 11.1 Å². The van der Waals surface area contributed by atoms with Gasteiger partial charge in [0.05, 0.1) is 11.6 Å². The predicted octanol–water partition coefficient (Wildman–Crippen LogP) is 1.21. The number of nitrogens with one attached hydrogen (secondary N) is 1. The molecule has 1 aromatic carbocycles. The van der Waals surface area contributed by atoms with Gasteiger partial charge in [-0.15, -0.1) is 0 Å². The standard InChI is InChI=1S/C10H11FN2O/c11-8-3-1-2-6-7(4-5-12)10(14)13-9(6)8/h1-3,7H,4-5,12H2,(H,13,14). The molecule has 0 saturated carbocycles. The largest absolute Gasteiger partial charge is 0.330 e. The fourth-order valence-electron chi connectivity index (χ4n) is 1.77. The van der Waals surface area contributed by atoms with Crippen LogP contribution in [0.25, 0.3) is 0 Å². The summed E-state index contributed by atoms with van der Waals surface area (Å²) in [5.41, 5.74) is 6.43. The monoisotopic (exact) mass is 194 g/mol. The van der Waals surface area contributed by atoms with Crippen LogP contribution in [0.2, 0.25) is 0 Å². The summed E-state index contributed by atoms with van der Waals surface area (Å²) in [6.45, 7) is 0.425. The van der Waals surface area contributed by atoms with Crippen molar-refractivity contribution >= 4 is 11.6 Å². The van der Waals surface area contributed by atoms with Gasteiger partial charge in [-0.05, 0) is 24.6 Å². The SMILES string of the molecule is NCCC1C(=O)Nc2c(F)cccc21. The third-order valence-corrected chi connectivity index (χ3v) is 2.44. The van der Waals surface area contributed by atoms with Crippen molar-refractivity contribution in [1.82, 2.24) is 0 Å². The summed E-state index contributed by atoms with van der Waals surface area (Å²) < 4.78 is 13.2. The lowest BCUT2D eigenvalue weighted by atomic mass is 9.97. The van der Waals surface area contributed by atoms with Gasteiger partial charge >= 0.3 is 0 Å². The highest BCUT2D eigenvalue weighted by atomic mass is 19.1. The zero-order valence-electron chi connectivity index (χ0n) is 7.59. The molecule has 3 nitrogen and oxygen atoms in total. The Balaban J connectivity index is 2.42. The van der Waals surface area contributed by atoms with Crippen LogP contribution in [0.15, 0.2) is 18.2 Å². The fraction of sp³-hybridized carbons (Fsp3) is 0.300. The van der Waals surface area contributed by atoms with Crippen LogP contribution in [-0.2, 0) is 4.79 Å². The van der Waals surface area contributed by atoms with Crippen LogP contribution in [0.3, 0.4) is 0 Å².